The zero-order chi connectivity index (χ0) is 15.2. The van der Waals surface area contributed by atoms with Gasteiger partial charge in [-0.3, -0.25) is 4.90 Å². The van der Waals surface area contributed by atoms with Gasteiger partial charge in [-0.25, -0.2) is 0 Å². The molecule has 2 aromatic carbocycles. The number of benzene rings is 2. The van der Waals surface area contributed by atoms with E-state index >= 15 is 0 Å². The van der Waals surface area contributed by atoms with Crippen molar-refractivity contribution in [2.45, 2.75) is 31.7 Å². The van der Waals surface area contributed by atoms with E-state index in [0.717, 1.165) is 19.6 Å². The van der Waals surface area contributed by atoms with E-state index in [1.165, 1.54) is 30.4 Å². The van der Waals surface area contributed by atoms with Gasteiger partial charge in [0.2, 0.25) is 0 Å². The Morgan fingerprint density at radius 3 is 2.46 bits per heavy atom. The summed E-state index contributed by atoms with van der Waals surface area (Å²) < 4.78 is 0. The van der Waals surface area contributed by atoms with Gasteiger partial charge in [0, 0.05) is 19.3 Å². The molecule has 24 heavy (non-hydrogen) atoms. The van der Waals surface area contributed by atoms with Gasteiger partial charge in [-0.15, -0.1) is 24.8 Å². The highest BCUT2D eigenvalue weighted by atomic mass is 35.5. The summed E-state index contributed by atoms with van der Waals surface area (Å²) in [6.45, 7) is 2.05. The number of halogens is 2. The van der Waals surface area contributed by atoms with Crippen molar-refractivity contribution >= 4 is 24.8 Å². The lowest BCUT2D eigenvalue weighted by molar-refractivity contribution is 0.171. The van der Waals surface area contributed by atoms with E-state index in [2.05, 4.69) is 64.8 Å². The van der Waals surface area contributed by atoms with Crippen LogP contribution in [0.4, 0.5) is 0 Å². The molecule has 1 atom stereocenters. The second-order valence-corrected chi connectivity index (χ2v) is 6.17. The van der Waals surface area contributed by atoms with Crippen LogP contribution in [0.25, 0.3) is 0 Å². The fraction of sp³-hybridized carbons (Fsp3) is 0.400. The van der Waals surface area contributed by atoms with Gasteiger partial charge in [0.1, 0.15) is 0 Å². The van der Waals surface area contributed by atoms with Crippen molar-refractivity contribution in [3.63, 3.8) is 0 Å². The van der Waals surface area contributed by atoms with Crippen molar-refractivity contribution in [3.8, 4) is 0 Å². The summed E-state index contributed by atoms with van der Waals surface area (Å²) in [4.78, 5) is 2.60. The minimum Gasteiger partial charge on any atom is -0.307 e. The molecule has 0 spiro atoms. The van der Waals surface area contributed by atoms with Gasteiger partial charge in [-0.2, -0.15) is 0 Å². The smallest absolute Gasteiger partial charge is 0.0483 e. The first-order valence-corrected chi connectivity index (χ1v) is 8.39. The van der Waals surface area contributed by atoms with Crippen LogP contribution in [0.1, 0.15) is 35.6 Å². The first kappa shape index (κ1) is 21.0. The first-order valence-electron chi connectivity index (χ1n) is 8.39. The molecule has 1 aliphatic carbocycles. The largest absolute Gasteiger partial charge is 0.307 e. The van der Waals surface area contributed by atoms with Crippen LogP contribution in [0, 0.1) is 0 Å². The van der Waals surface area contributed by atoms with Crippen LogP contribution in [0.2, 0.25) is 0 Å². The Labute approximate surface area is 158 Å². The van der Waals surface area contributed by atoms with Crippen molar-refractivity contribution in [3.05, 3.63) is 71.3 Å². The highest BCUT2D eigenvalue weighted by Crippen LogP contribution is 2.33. The van der Waals surface area contributed by atoms with Gasteiger partial charge >= 0.3 is 0 Å². The van der Waals surface area contributed by atoms with E-state index in [-0.39, 0.29) is 24.8 Å². The molecule has 0 heterocycles. The monoisotopic (exact) mass is 366 g/mol. The Morgan fingerprint density at radius 2 is 1.71 bits per heavy atom. The molecule has 4 heteroatoms. The molecule has 0 saturated carbocycles. The Kier molecular flexibility index (Phi) is 9.38. The van der Waals surface area contributed by atoms with Crippen LogP contribution < -0.4 is 5.32 Å². The summed E-state index contributed by atoms with van der Waals surface area (Å²) >= 11 is 0. The van der Waals surface area contributed by atoms with Crippen LogP contribution in [-0.4, -0.2) is 25.2 Å². The van der Waals surface area contributed by atoms with E-state index in [1.54, 1.807) is 5.56 Å². The van der Waals surface area contributed by atoms with Crippen LogP contribution in [0.15, 0.2) is 54.6 Å². The third-order valence-electron chi connectivity index (χ3n) is 4.67. The number of hydrogen-bond donors (Lipinski definition) is 1. The van der Waals surface area contributed by atoms with Crippen molar-refractivity contribution in [2.75, 3.05) is 20.3 Å². The molecule has 0 aromatic heterocycles. The molecule has 132 valence electrons. The summed E-state index contributed by atoms with van der Waals surface area (Å²) in [7, 11) is 2.05. The number of nitrogens with zero attached hydrogens (tertiary/aromatic N) is 1. The molecule has 0 saturated heterocycles. The summed E-state index contributed by atoms with van der Waals surface area (Å²) in [5.41, 5.74) is 4.50. The van der Waals surface area contributed by atoms with Crippen molar-refractivity contribution in [1.82, 2.24) is 10.2 Å². The average molecular weight is 367 g/mol. The lowest BCUT2D eigenvalue weighted by atomic mass is 9.87. The van der Waals surface area contributed by atoms with Gasteiger partial charge in [-0.1, -0.05) is 54.6 Å². The SMILES string of the molecule is CNCN(CCc1ccccc1)C1CCCc2ccccc21.Cl.Cl. The zero-order valence-electron chi connectivity index (χ0n) is 14.3. The third-order valence-corrected chi connectivity index (χ3v) is 4.67. The van der Waals surface area contributed by atoms with Crippen LogP contribution >= 0.6 is 24.8 Å². The molecule has 2 nitrogen and oxygen atoms in total. The van der Waals surface area contributed by atoms with E-state index < -0.39 is 0 Å². The van der Waals surface area contributed by atoms with Gasteiger partial charge in [0.25, 0.3) is 0 Å². The standard InChI is InChI=1S/C20H26N2.2ClH/c1-21-16-22(15-14-17-8-3-2-4-9-17)20-13-7-11-18-10-5-6-12-19(18)20;;/h2-6,8-10,12,20-21H,7,11,13-16H2,1H3;2*1H. The Bertz CT molecular complexity index is 589. The number of fused-ring (bicyclic) bond motifs is 1. The van der Waals surface area contributed by atoms with Gasteiger partial charge in [0.05, 0.1) is 0 Å². The first-order chi connectivity index (χ1) is 10.9. The summed E-state index contributed by atoms with van der Waals surface area (Å²) in [5.74, 6) is 0. The fourth-order valence-corrected chi connectivity index (χ4v) is 3.57. The molecule has 2 aromatic rings. The normalized spacial score (nSPS) is 16.0. The van der Waals surface area contributed by atoms with Crippen LogP contribution in [-0.2, 0) is 12.8 Å². The predicted octanol–water partition coefficient (Wildman–Crippen LogP) is 4.63. The highest BCUT2D eigenvalue weighted by Gasteiger charge is 2.24. The summed E-state index contributed by atoms with van der Waals surface area (Å²) in [6.07, 6.45) is 4.92. The molecule has 1 unspecified atom stereocenters. The van der Waals surface area contributed by atoms with Crippen molar-refractivity contribution in [2.24, 2.45) is 0 Å². The van der Waals surface area contributed by atoms with E-state index in [4.69, 9.17) is 0 Å². The maximum atomic E-state index is 3.36. The summed E-state index contributed by atoms with van der Waals surface area (Å²) in [5, 5.41) is 3.36. The lowest BCUT2D eigenvalue weighted by Gasteiger charge is -2.36. The number of aryl methyl sites for hydroxylation is 1. The number of nitrogens with one attached hydrogen (secondary N) is 1. The molecule has 0 amide bonds. The molecule has 3 rings (SSSR count). The topological polar surface area (TPSA) is 15.3 Å². The minimum absolute atomic E-state index is 0. The second-order valence-electron chi connectivity index (χ2n) is 6.17. The van der Waals surface area contributed by atoms with Crippen LogP contribution in [0.3, 0.4) is 0 Å². The van der Waals surface area contributed by atoms with Crippen molar-refractivity contribution in [1.29, 1.82) is 0 Å². The van der Waals surface area contributed by atoms with Crippen LogP contribution in [0.5, 0.6) is 0 Å². The maximum Gasteiger partial charge on any atom is 0.0483 e. The Hall–Kier alpha value is -1.06. The predicted molar refractivity (Wildman–Crippen MR) is 107 cm³/mol. The third kappa shape index (κ3) is 5.22. The fourth-order valence-electron chi connectivity index (χ4n) is 3.57. The van der Waals surface area contributed by atoms with E-state index in [0.29, 0.717) is 6.04 Å². The molecule has 0 aliphatic heterocycles. The molecular weight excluding hydrogens is 339 g/mol. The average Bonchev–Trinajstić information content (AvgIpc) is 2.59. The number of hydrogen-bond acceptors (Lipinski definition) is 2. The molecule has 0 fully saturated rings. The molecular formula is C20H28Cl2N2. The quantitative estimate of drug-likeness (QED) is 0.749. The van der Waals surface area contributed by atoms with E-state index in [1.807, 2.05) is 7.05 Å². The Balaban J connectivity index is 0.00000144. The Morgan fingerprint density at radius 1 is 1.00 bits per heavy atom. The molecule has 1 N–H and O–H groups in total. The number of rotatable bonds is 6. The zero-order valence-corrected chi connectivity index (χ0v) is 15.9. The van der Waals surface area contributed by atoms with Crippen molar-refractivity contribution < 1.29 is 0 Å². The maximum absolute atomic E-state index is 3.36. The second kappa shape index (κ2) is 10.7. The molecule has 0 radical (unpaired) electrons. The van der Waals surface area contributed by atoms with Gasteiger partial charge in [-0.05, 0) is 49.4 Å². The van der Waals surface area contributed by atoms with E-state index in [9.17, 15) is 0 Å². The molecule has 1 aliphatic rings. The van der Waals surface area contributed by atoms with Gasteiger partial charge in [0.15, 0.2) is 0 Å². The summed E-state index contributed by atoms with van der Waals surface area (Å²) in [6, 6.07) is 20.4. The lowest BCUT2D eigenvalue weighted by Crippen LogP contribution is -2.38. The minimum atomic E-state index is 0. The highest BCUT2D eigenvalue weighted by molar-refractivity contribution is 5.85. The molecule has 0 bridgehead atoms. The van der Waals surface area contributed by atoms with Gasteiger partial charge < -0.3 is 5.32 Å².